The van der Waals surface area contributed by atoms with Gasteiger partial charge in [0, 0.05) is 61.8 Å². The number of ether oxygens (including phenoxy) is 1. The fourth-order valence-electron chi connectivity index (χ4n) is 4.04. The summed E-state index contributed by atoms with van der Waals surface area (Å²) >= 11 is 0. The second kappa shape index (κ2) is 7.25. The minimum atomic E-state index is -3.54. The Morgan fingerprint density at radius 1 is 1.22 bits per heavy atom. The lowest BCUT2D eigenvalue weighted by Crippen LogP contribution is -2.47. The maximum Gasteiger partial charge on any atom is 0.232 e. The molecule has 23 heavy (non-hydrogen) atoms. The summed E-state index contributed by atoms with van der Waals surface area (Å²) < 4.78 is 28.1. The molecule has 0 N–H and O–H groups in total. The van der Waals surface area contributed by atoms with Gasteiger partial charge in [0.25, 0.3) is 0 Å². The summed E-state index contributed by atoms with van der Waals surface area (Å²) in [5, 5.41) is 0. The van der Waals surface area contributed by atoms with Gasteiger partial charge < -0.3 is 14.5 Å². The van der Waals surface area contributed by atoms with E-state index in [0.29, 0.717) is 19.1 Å². The molecule has 0 bridgehead atoms. The molecule has 3 rings (SSSR count). The summed E-state index contributed by atoms with van der Waals surface area (Å²) in [6.07, 6.45) is 4.91. The topological polar surface area (TPSA) is 66.9 Å². The summed E-state index contributed by atoms with van der Waals surface area (Å²) in [4.78, 5) is 16.5. The van der Waals surface area contributed by atoms with Crippen LogP contribution in [0.1, 0.15) is 32.1 Å². The van der Waals surface area contributed by atoms with Crippen LogP contribution in [0.25, 0.3) is 0 Å². The van der Waals surface area contributed by atoms with Gasteiger partial charge >= 0.3 is 0 Å². The molecule has 0 aromatic heterocycles. The Morgan fingerprint density at radius 3 is 2.57 bits per heavy atom. The maximum absolute atomic E-state index is 12.2. The molecule has 6 nitrogen and oxygen atoms in total. The number of piperidine rings is 1. The Hall–Kier alpha value is -0.370. The molecular weight excluding hydrogens is 340 g/mol. The Labute approximate surface area is 142 Å². The largest absolute Gasteiger partial charge is 0.377 e. The molecule has 2 unspecified atom stereocenters. The average Bonchev–Trinajstić information content (AvgIpc) is 3.08. The summed E-state index contributed by atoms with van der Waals surface area (Å²) in [6, 6.07) is 0.242. The van der Waals surface area contributed by atoms with E-state index in [1.807, 2.05) is 4.90 Å². The van der Waals surface area contributed by atoms with E-state index in [0.717, 1.165) is 51.9 Å². The Kier molecular flexibility index (Phi) is 5.50. The van der Waals surface area contributed by atoms with E-state index in [4.69, 9.17) is 15.4 Å². The number of rotatable bonds is 5. The van der Waals surface area contributed by atoms with Gasteiger partial charge in [-0.05, 0) is 25.7 Å². The third-order valence-electron chi connectivity index (χ3n) is 5.16. The summed E-state index contributed by atoms with van der Waals surface area (Å²) in [6.45, 7) is 4.36. The fraction of sp³-hybridized carbons (Fsp3) is 0.933. The lowest BCUT2D eigenvalue weighted by atomic mass is 10.0. The number of nitrogens with zero attached hydrogens (tertiary/aromatic N) is 2. The first-order valence-electron chi connectivity index (χ1n) is 8.46. The molecule has 0 aromatic rings. The van der Waals surface area contributed by atoms with Gasteiger partial charge in [-0.1, -0.05) is 0 Å². The van der Waals surface area contributed by atoms with E-state index < -0.39 is 9.05 Å². The van der Waals surface area contributed by atoms with Crippen molar-refractivity contribution in [2.24, 2.45) is 5.92 Å². The van der Waals surface area contributed by atoms with Crippen molar-refractivity contribution in [2.75, 3.05) is 38.5 Å². The van der Waals surface area contributed by atoms with Crippen LogP contribution in [0.4, 0.5) is 0 Å². The molecule has 132 valence electrons. The van der Waals surface area contributed by atoms with Crippen LogP contribution in [-0.4, -0.2) is 74.8 Å². The van der Waals surface area contributed by atoms with Crippen LogP contribution in [0.3, 0.4) is 0 Å². The van der Waals surface area contributed by atoms with Crippen molar-refractivity contribution in [1.29, 1.82) is 0 Å². The SMILES string of the molecule is O=C1CC(CS(=O)(=O)Cl)CN1C1CCN(CC2CCCO2)CC1. The van der Waals surface area contributed by atoms with E-state index in [9.17, 15) is 13.2 Å². The van der Waals surface area contributed by atoms with Crippen molar-refractivity contribution in [3.05, 3.63) is 0 Å². The van der Waals surface area contributed by atoms with Crippen LogP contribution in [0.15, 0.2) is 0 Å². The summed E-state index contributed by atoms with van der Waals surface area (Å²) in [5.41, 5.74) is 0. The number of halogens is 1. The van der Waals surface area contributed by atoms with Gasteiger partial charge in [-0.2, -0.15) is 0 Å². The highest BCUT2D eigenvalue weighted by molar-refractivity contribution is 8.13. The van der Waals surface area contributed by atoms with Crippen LogP contribution in [0, 0.1) is 5.92 Å². The second-order valence-electron chi connectivity index (χ2n) is 6.99. The molecule has 0 spiro atoms. The molecule has 0 saturated carbocycles. The van der Waals surface area contributed by atoms with E-state index in [1.165, 1.54) is 0 Å². The van der Waals surface area contributed by atoms with Gasteiger partial charge in [0.05, 0.1) is 11.9 Å². The number of carbonyl (C=O) groups excluding carboxylic acids is 1. The van der Waals surface area contributed by atoms with Crippen LogP contribution >= 0.6 is 10.7 Å². The molecule has 1 amide bonds. The first kappa shape index (κ1) is 17.5. The van der Waals surface area contributed by atoms with Crippen molar-refractivity contribution in [3.63, 3.8) is 0 Å². The zero-order valence-corrected chi connectivity index (χ0v) is 14.9. The Balaban J connectivity index is 1.46. The first-order valence-corrected chi connectivity index (χ1v) is 10.9. The standard InChI is InChI=1S/C15H25ClN2O4S/c16-23(20,21)11-12-8-15(19)18(9-12)13-3-5-17(6-4-13)10-14-2-1-7-22-14/h12-14H,1-11H2. The van der Waals surface area contributed by atoms with Gasteiger partial charge in [-0.25, -0.2) is 8.42 Å². The summed E-state index contributed by atoms with van der Waals surface area (Å²) in [5.74, 6) is -0.183. The van der Waals surface area contributed by atoms with E-state index in [2.05, 4.69) is 4.90 Å². The lowest BCUT2D eigenvalue weighted by Gasteiger charge is -2.37. The molecule has 3 saturated heterocycles. The minimum Gasteiger partial charge on any atom is -0.377 e. The number of hydrogen-bond acceptors (Lipinski definition) is 5. The number of carbonyl (C=O) groups is 1. The molecule has 3 aliphatic rings. The van der Waals surface area contributed by atoms with Crippen LogP contribution in [0.2, 0.25) is 0 Å². The predicted molar refractivity (Wildman–Crippen MR) is 87.9 cm³/mol. The molecular formula is C15H25ClN2O4S. The lowest BCUT2D eigenvalue weighted by molar-refractivity contribution is -0.130. The van der Waals surface area contributed by atoms with Gasteiger partial charge in [0.15, 0.2) is 0 Å². The normalized spacial score (nSPS) is 31.2. The van der Waals surface area contributed by atoms with Crippen molar-refractivity contribution in [1.82, 2.24) is 9.80 Å². The average molecular weight is 365 g/mol. The van der Waals surface area contributed by atoms with Crippen LogP contribution in [0.5, 0.6) is 0 Å². The Morgan fingerprint density at radius 2 is 1.96 bits per heavy atom. The van der Waals surface area contributed by atoms with Gasteiger partial charge in [-0.15, -0.1) is 0 Å². The monoisotopic (exact) mass is 364 g/mol. The molecule has 8 heteroatoms. The summed E-state index contributed by atoms with van der Waals surface area (Å²) in [7, 11) is 1.78. The zero-order valence-electron chi connectivity index (χ0n) is 13.3. The molecule has 3 heterocycles. The quantitative estimate of drug-likeness (QED) is 0.682. The van der Waals surface area contributed by atoms with Gasteiger partial charge in [0.2, 0.25) is 15.0 Å². The molecule has 0 radical (unpaired) electrons. The van der Waals surface area contributed by atoms with Crippen LogP contribution in [-0.2, 0) is 18.6 Å². The van der Waals surface area contributed by atoms with Crippen LogP contribution < -0.4 is 0 Å². The minimum absolute atomic E-state index is 0.0768. The third-order valence-corrected chi connectivity index (χ3v) is 6.40. The highest BCUT2D eigenvalue weighted by Crippen LogP contribution is 2.27. The zero-order chi connectivity index (χ0) is 16.4. The maximum atomic E-state index is 12.2. The van der Waals surface area contributed by atoms with Crippen molar-refractivity contribution >= 4 is 25.6 Å². The van der Waals surface area contributed by atoms with Crippen molar-refractivity contribution in [3.8, 4) is 0 Å². The number of hydrogen-bond donors (Lipinski definition) is 0. The highest BCUT2D eigenvalue weighted by Gasteiger charge is 2.37. The third kappa shape index (κ3) is 4.81. The molecule has 2 atom stereocenters. The molecule has 0 aromatic carbocycles. The van der Waals surface area contributed by atoms with Gasteiger partial charge in [0.1, 0.15) is 0 Å². The molecule has 3 fully saturated rings. The smallest absolute Gasteiger partial charge is 0.232 e. The fourth-order valence-corrected chi connectivity index (χ4v) is 5.37. The van der Waals surface area contributed by atoms with E-state index in [-0.39, 0.29) is 23.6 Å². The first-order chi connectivity index (χ1) is 10.9. The number of amides is 1. The second-order valence-corrected chi connectivity index (χ2v) is 9.81. The highest BCUT2D eigenvalue weighted by atomic mass is 35.7. The van der Waals surface area contributed by atoms with E-state index >= 15 is 0 Å². The van der Waals surface area contributed by atoms with Crippen molar-refractivity contribution in [2.45, 2.75) is 44.2 Å². The van der Waals surface area contributed by atoms with Crippen molar-refractivity contribution < 1.29 is 17.9 Å². The van der Waals surface area contributed by atoms with E-state index in [1.54, 1.807) is 0 Å². The van der Waals surface area contributed by atoms with Gasteiger partial charge in [-0.3, -0.25) is 4.79 Å². The number of likely N-dealkylation sites (tertiary alicyclic amines) is 2. The molecule has 3 aliphatic heterocycles. The predicted octanol–water partition coefficient (Wildman–Crippen LogP) is 1.05. The molecule has 0 aliphatic carbocycles. The Bertz CT molecular complexity index is 528.